The largest absolute Gasteiger partial charge is 0.289 e. The topological polar surface area (TPSA) is 17.1 Å². The number of ketones is 1. The molecule has 1 fully saturated rings. The normalized spacial score (nSPS) is 34.7. The van der Waals surface area contributed by atoms with Crippen LogP contribution in [0.25, 0.3) is 0 Å². The van der Waals surface area contributed by atoms with Gasteiger partial charge in [0.05, 0.1) is 0 Å². The van der Waals surface area contributed by atoms with Crippen LogP contribution in [0.15, 0.2) is 11.6 Å². The summed E-state index contributed by atoms with van der Waals surface area (Å²) in [5.41, 5.74) is 1.28. The van der Waals surface area contributed by atoms with Crippen molar-refractivity contribution in [1.82, 2.24) is 0 Å². The van der Waals surface area contributed by atoms with Crippen molar-refractivity contribution < 1.29 is 4.79 Å². The van der Waals surface area contributed by atoms with Gasteiger partial charge in [-0.1, -0.05) is 12.5 Å². The highest BCUT2D eigenvalue weighted by Gasteiger charge is 2.43. The molecule has 2 unspecified atom stereocenters. The predicted molar refractivity (Wildman–Crippen MR) is 62.7 cm³/mol. The molecule has 2 heteroatoms. The molecule has 0 aromatic carbocycles. The van der Waals surface area contributed by atoms with Crippen molar-refractivity contribution in [1.29, 1.82) is 0 Å². The lowest BCUT2D eigenvalue weighted by Crippen LogP contribution is -2.39. The second kappa shape index (κ2) is 4.09. The summed E-state index contributed by atoms with van der Waals surface area (Å²) in [5.74, 6) is 3.64. The third kappa shape index (κ3) is 1.90. The van der Waals surface area contributed by atoms with Crippen molar-refractivity contribution in [2.45, 2.75) is 38.4 Å². The lowest BCUT2D eigenvalue weighted by Gasteiger charge is -2.24. The van der Waals surface area contributed by atoms with Gasteiger partial charge in [-0.3, -0.25) is 4.79 Å². The van der Waals surface area contributed by atoms with Gasteiger partial charge in [0.1, 0.15) is 11.5 Å². The number of carbonyl (C=O) groups excluding carboxylic acids is 1. The Kier molecular flexibility index (Phi) is 3.01. The van der Waals surface area contributed by atoms with Crippen molar-refractivity contribution >= 4 is 16.7 Å². The van der Waals surface area contributed by atoms with Crippen molar-refractivity contribution in [2.24, 2.45) is 5.92 Å². The van der Waals surface area contributed by atoms with Gasteiger partial charge in [0.15, 0.2) is 5.25 Å². The van der Waals surface area contributed by atoms with Crippen molar-refractivity contribution in [3.8, 4) is 0 Å². The second-order valence-electron chi connectivity index (χ2n) is 4.65. The molecule has 0 aromatic rings. The Morgan fingerprint density at radius 3 is 2.57 bits per heavy atom. The molecule has 1 aliphatic heterocycles. The Hall–Kier alpha value is -0.240. The van der Waals surface area contributed by atoms with Gasteiger partial charge in [-0.05, 0) is 43.2 Å². The van der Waals surface area contributed by atoms with Crippen molar-refractivity contribution in [2.75, 3.05) is 11.5 Å². The maximum Gasteiger partial charge on any atom is 0.207 e. The zero-order valence-corrected chi connectivity index (χ0v) is 9.90. The molecular formula is C12H19OS+. The molecular weight excluding hydrogens is 192 g/mol. The smallest absolute Gasteiger partial charge is 0.207 e. The molecule has 2 atom stereocenters. The maximum absolute atomic E-state index is 11.9. The molecule has 0 amide bonds. The molecule has 1 nitrogen and oxygen atoms in total. The zero-order valence-electron chi connectivity index (χ0n) is 9.08. The van der Waals surface area contributed by atoms with Crippen LogP contribution >= 0.6 is 0 Å². The van der Waals surface area contributed by atoms with E-state index in [4.69, 9.17) is 0 Å². The summed E-state index contributed by atoms with van der Waals surface area (Å²) in [6, 6.07) is 0. The van der Waals surface area contributed by atoms with Crippen molar-refractivity contribution in [3.63, 3.8) is 0 Å². The highest BCUT2D eigenvalue weighted by atomic mass is 32.2. The highest BCUT2D eigenvalue weighted by molar-refractivity contribution is 7.98. The first kappa shape index (κ1) is 10.3. The van der Waals surface area contributed by atoms with E-state index in [1.807, 2.05) is 6.08 Å². The minimum absolute atomic E-state index is 0.376. The fourth-order valence-electron chi connectivity index (χ4n) is 2.70. The third-order valence-corrected chi connectivity index (χ3v) is 6.29. The Bertz CT molecular complexity index is 263. The summed E-state index contributed by atoms with van der Waals surface area (Å²) >= 11 is 0. The molecule has 0 radical (unpaired) electrons. The molecule has 2 aliphatic rings. The Morgan fingerprint density at radius 2 is 2.00 bits per heavy atom. The van der Waals surface area contributed by atoms with E-state index in [-0.39, 0.29) is 0 Å². The van der Waals surface area contributed by atoms with Gasteiger partial charge in [0.25, 0.3) is 0 Å². The quantitative estimate of drug-likeness (QED) is 0.608. The van der Waals surface area contributed by atoms with Crippen LogP contribution in [-0.2, 0) is 15.7 Å². The number of carbonyl (C=O) groups is 1. The lowest BCUT2D eigenvalue weighted by atomic mass is 9.90. The molecule has 78 valence electrons. The van der Waals surface area contributed by atoms with Gasteiger partial charge in [0.2, 0.25) is 5.78 Å². The Balaban J connectivity index is 2.13. The van der Waals surface area contributed by atoms with Crippen LogP contribution in [-0.4, -0.2) is 22.5 Å². The number of hydrogen-bond acceptors (Lipinski definition) is 1. The summed E-state index contributed by atoms with van der Waals surface area (Å²) in [6.07, 6.45) is 5.74. The average molecular weight is 211 g/mol. The summed E-state index contributed by atoms with van der Waals surface area (Å²) in [7, 11) is 0.417. The Morgan fingerprint density at radius 1 is 1.36 bits per heavy atom. The maximum atomic E-state index is 11.9. The molecule has 1 heterocycles. The average Bonchev–Trinajstić information content (AvgIpc) is 2.54. The molecule has 1 saturated heterocycles. The number of hydrogen-bond donors (Lipinski definition) is 0. The third-order valence-electron chi connectivity index (χ3n) is 3.25. The molecule has 0 aromatic heterocycles. The minimum atomic E-state index is 0.376. The van der Waals surface area contributed by atoms with Crippen LogP contribution in [0.1, 0.15) is 33.1 Å². The summed E-state index contributed by atoms with van der Waals surface area (Å²) < 4.78 is 0. The first-order valence-corrected chi connectivity index (χ1v) is 7.18. The van der Waals surface area contributed by atoms with E-state index in [2.05, 4.69) is 13.8 Å². The van der Waals surface area contributed by atoms with E-state index in [1.165, 1.54) is 29.9 Å². The van der Waals surface area contributed by atoms with Crippen LogP contribution in [0.3, 0.4) is 0 Å². The van der Waals surface area contributed by atoms with Gasteiger partial charge in [-0.15, -0.1) is 0 Å². The summed E-state index contributed by atoms with van der Waals surface area (Å²) in [5, 5.41) is 0.376. The van der Waals surface area contributed by atoms with Gasteiger partial charge >= 0.3 is 0 Å². The monoisotopic (exact) mass is 211 g/mol. The van der Waals surface area contributed by atoms with Gasteiger partial charge < -0.3 is 0 Å². The second-order valence-corrected chi connectivity index (χ2v) is 7.05. The van der Waals surface area contributed by atoms with Crippen LogP contribution in [0.2, 0.25) is 0 Å². The molecule has 0 bridgehead atoms. The first-order chi connectivity index (χ1) is 6.68. The fraction of sp³-hybridized carbons (Fsp3) is 0.750. The van der Waals surface area contributed by atoms with E-state index < -0.39 is 0 Å². The van der Waals surface area contributed by atoms with Crippen molar-refractivity contribution in [3.05, 3.63) is 11.6 Å². The molecule has 0 spiro atoms. The van der Waals surface area contributed by atoms with Crippen LogP contribution in [0.4, 0.5) is 0 Å². The molecule has 0 N–H and O–H groups in total. The van der Waals surface area contributed by atoms with Gasteiger partial charge in [0, 0.05) is 5.92 Å². The van der Waals surface area contributed by atoms with Crippen LogP contribution in [0.5, 0.6) is 0 Å². The van der Waals surface area contributed by atoms with Crippen LogP contribution in [0, 0.1) is 5.92 Å². The van der Waals surface area contributed by atoms with E-state index >= 15 is 0 Å². The standard InChI is InChI=1S/C12H19OS/c1-9-7-10(2)12(11(13)8-9)14-5-3-4-6-14/h8,10,12H,3-7H2,1-2H3/q+1. The molecule has 14 heavy (non-hydrogen) atoms. The van der Waals surface area contributed by atoms with Crippen LogP contribution < -0.4 is 0 Å². The van der Waals surface area contributed by atoms with Gasteiger partial charge in [-0.2, -0.15) is 0 Å². The zero-order chi connectivity index (χ0) is 10.1. The van der Waals surface area contributed by atoms with E-state index in [9.17, 15) is 4.79 Å². The number of allylic oxidation sites excluding steroid dienone is 2. The fourth-order valence-corrected chi connectivity index (χ4v) is 5.71. The molecule has 2 rings (SSSR count). The SMILES string of the molecule is CC1=CC(=O)C([S+]2CCCC2)C(C)C1. The molecule has 0 saturated carbocycles. The highest BCUT2D eigenvalue weighted by Crippen LogP contribution is 2.31. The summed E-state index contributed by atoms with van der Waals surface area (Å²) in [4.78, 5) is 11.9. The number of rotatable bonds is 1. The molecule has 1 aliphatic carbocycles. The van der Waals surface area contributed by atoms with E-state index in [1.54, 1.807) is 0 Å². The van der Waals surface area contributed by atoms with Gasteiger partial charge in [-0.25, -0.2) is 0 Å². The van der Waals surface area contributed by atoms with E-state index in [0.717, 1.165) is 6.42 Å². The van der Waals surface area contributed by atoms with E-state index in [0.29, 0.717) is 27.8 Å². The lowest BCUT2D eigenvalue weighted by molar-refractivity contribution is -0.115. The first-order valence-electron chi connectivity index (χ1n) is 5.56. The predicted octanol–water partition coefficient (Wildman–Crippen LogP) is 2.32. The summed E-state index contributed by atoms with van der Waals surface area (Å²) in [6.45, 7) is 4.34. The minimum Gasteiger partial charge on any atom is -0.289 e. The Labute approximate surface area is 89.3 Å².